The number of hydrogen-bond acceptors (Lipinski definition) is 8. The van der Waals surface area contributed by atoms with Gasteiger partial charge >= 0.3 is 0 Å². The van der Waals surface area contributed by atoms with Crippen LogP contribution in [0.25, 0.3) is 0 Å². The minimum atomic E-state index is -0.802. The third-order valence-corrected chi connectivity index (χ3v) is 3.96. The number of benzene rings is 2. The van der Waals surface area contributed by atoms with E-state index < -0.39 is 11.9 Å². The number of methoxy groups -OCH3 is 4. The lowest BCUT2D eigenvalue weighted by atomic mass is 10.2. The number of nitrogens with one attached hydrogen (secondary N) is 1. The second kappa shape index (κ2) is 10.2. The molecule has 0 heterocycles. The maximum Gasteiger partial charge on any atom is 0.285 e. The Kier molecular flexibility index (Phi) is 7.75. The first-order chi connectivity index (χ1) is 14.0. The van der Waals surface area contributed by atoms with Crippen molar-refractivity contribution in [1.82, 2.24) is 0 Å². The minimum absolute atomic E-state index is 0.366. The van der Waals surface area contributed by atoms with Crippen molar-refractivity contribution in [1.29, 1.82) is 0 Å². The molecule has 10 nitrogen and oxygen atoms in total. The summed E-state index contributed by atoms with van der Waals surface area (Å²) in [6, 6.07) is 7.45. The molecule has 0 aliphatic heterocycles. The highest BCUT2D eigenvalue weighted by atomic mass is 16.5. The van der Waals surface area contributed by atoms with Crippen LogP contribution in [0.15, 0.2) is 40.6 Å². The summed E-state index contributed by atoms with van der Waals surface area (Å²) < 4.78 is 21.1. The van der Waals surface area contributed by atoms with Crippen LogP contribution >= 0.6 is 0 Å². The number of rotatable bonds is 9. The Labute approximate surface area is 168 Å². The van der Waals surface area contributed by atoms with Gasteiger partial charge in [-0.05, 0) is 18.2 Å². The van der Waals surface area contributed by atoms with Gasteiger partial charge in [0, 0.05) is 12.1 Å². The summed E-state index contributed by atoms with van der Waals surface area (Å²) in [6.45, 7) is -0.366. The van der Waals surface area contributed by atoms with Crippen molar-refractivity contribution in [3.05, 3.63) is 30.3 Å². The van der Waals surface area contributed by atoms with Gasteiger partial charge in [-0.15, -0.1) is 0 Å². The first-order valence-corrected chi connectivity index (χ1v) is 8.61. The monoisotopic (exact) mass is 405 g/mol. The fraction of sp³-hybridized carbons (Fsp3) is 0.316. The van der Waals surface area contributed by atoms with E-state index in [-0.39, 0.29) is 6.61 Å². The van der Waals surface area contributed by atoms with Crippen molar-refractivity contribution in [2.75, 3.05) is 40.4 Å². The Morgan fingerprint density at radius 3 is 2.07 bits per heavy atom. The van der Waals surface area contributed by atoms with Gasteiger partial charge in [0.1, 0.15) is 12.4 Å². The Hall–Kier alpha value is -3.37. The average Bonchev–Trinajstić information content (AvgIpc) is 2.76. The summed E-state index contributed by atoms with van der Waals surface area (Å²) >= 11 is 0. The lowest BCUT2D eigenvalue weighted by molar-refractivity contribution is -0.407. The van der Waals surface area contributed by atoms with Crippen LogP contribution in [-0.4, -0.2) is 52.1 Å². The smallest absolute Gasteiger partial charge is 0.285 e. The number of anilines is 1. The number of amides is 1. The number of carbonyl (C=O) groups excluding carboxylic acids is 1. The quantitative estimate of drug-likeness (QED) is 0.543. The molecule has 2 aromatic carbocycles. The Morgan fingerprint density at radius 2 is 1.55 bits per heavy atom. The summed E-state index contributed by atoms with van der Waals surface area (Å²) in [4.78, 5) is 12.0. The van der Waals surface area contributed by atoms with Crippen molar-refractivity contribution in [3.63, 3.8) is 0 Å². The molecule has 1 amide bonds. The maximum absolute atomic E-state index is 12.0. The van der Waals surface area contributed by atoms with E-state index in [4.69, 9.17) is 24.1 Å². The largest absolute Gasteiger partial charge is 0.495 e. The number of quaternary nitrogens is 1. The van der Waals surface area contributed by atoms with Crippen molar-refractivity contribution >= 4 is 23.0 Å². The van der Waals surface area contributed by atoms with Gasteiger partial charge in [-0.25, -0.2) is 0 Å². The molecule has 0 saturated heterocycles. The zero-order chi connectivity index (χ0) is 21.4. The topological polar surface area (TPSA) is 139 Å². The molecule has 0 unspecified atom stereocenters. The molecule has 0 radical (unpaired) electrons. The van der Waals surface area contributed by atoms with Crippen molar-refractivity contribution in [2.24, 2.45) is 10.2 Å². The van der Waals surface area contributed by atoms with Crippen LogP contribution in [0, 0.1) is 0 Å². The maximum atomic E-state index is 12.0. The van der Waals surface area contributed by atoms with Gasteiger partial charge in [0.05, 0.1) is 45.5 Å². The number of carbonyl (C=O) groups is 1. The highest BCUT2D eigenvalue weighted by molar-refractivity contribution is 5.95. The van der Waals surface area contributed by atoms with Gasteiger partial charge < -0.3 is 35.1 Å². The number of aliphatic hydroxyl groups excluding tert-OH is 1. The average molecular weight is 405 g/mol. The number of azo groups is 1. The van der Waals surface area contributed by atoms with Gasteiger partial charge in [-0.3, -0.25) is 4.79 Å². The number of hydrogen-bond donors (Lipinski definition) is 3. The van der Waals surface area contributed by atoms with Crippen molar-refractivity contribution in [3.8, 4) is 23.0 Å². The number of nitrogens with zero attached hydrogens (tertiary/aromatic N) is 2. The molecule has 0 saturated carbocycles. The molecule has 2 aromatic rings. The second-order valence-corrected chi connectivity index (χ2v) is 5.84. The third-order valence-electron chi connectivity index (χ3n) is 3.96. The molecule has 0 bridgehead atoms. The van der Waals surface area contributed by atoms with Gasteiger partial charge in [0.2, 0.25) is 5.75 Å². The molecule has 29 heavy (non-hydrogen) atoms. The van der Waals surface area contributed by atoms with Crippen LogP contribution in [-0.2, 0) is 4.79 Å². The normalized spacial score (nSPS) is 11.8. The zero-order valence-corrected chi connectivity index (χ0v) is 16.8. The van der Waals surface area contributed by atoms with Crippen LogP contribution < -0.4 is 30.0 Å². The summed E-state index contributed by atoms with van der Waals surface area (Å²) in [6.07, 6.45) is 0. The molecular weight excluding hydrogens is 380 g/mol. The predicted molar refractivity (Wildman–Crippen MR) is 106 cm³/mol. The molecule has 10 heteroatoms. The summed E-state index contributed by atoms with van der Waals surface area (Å²) in [5.74, 6) is 1.36. The van der Waals surface area contributed by atoms with E-state index in [2.05, 4.69) is 21.3 Å². The number of ether oxygens (including phenoxy) is 4. The van der Waals surface area contributed by atoms with Gasteiger partial charge in [0.25, 0.3) is 5.91 Å². The standard InChI is InChI=1S/C19H24N4O6/c1-26-15-6-5-11(7-14(15)21-19(25)13(20)10-24)22-23-12-8-16(27-2)18(29-4)17(9-12)28-3/h5-9,13,24H,10,20H2,1-4H3,(H,21,25)/p+1/t13-/m0/s1. The molecule has 5 N–H and O–H groups in total. The zero-order valence-electron chi connectivity index (χ0n) is 16.8. The molecule has 1 atom stereocenters. The van der Waals surface area contributed by atoms with Crippen LogP contribution in [0.3, 0.4) is 0 Å². The van der Waals surface area contributed by atoms with Gasteiger partial charge in [-0.1, -0.05) is 0 Å². The van der Waals surface area contributed by atoms with Crippen molar-refractivity contribution in [2.45, 2.75) is 6.04 Å². The third kappa shape index (κ3) is 5.33. The molecule has 0 aliphatic rings. The first-order valence-electron chi connectivity index (χ1n) is 8.61. The van der Waals surface area contributed by atoms with Gasteiger partial charge in [0.15, 0.2) is 17.5 Å². The predicted octanol–water partition coefficient (Wildman–Crippen LogP) is 1.68. The van der Waals surface area contributed by atoms with E-state index in [1.165, 1.54) is 28.4 Å². The molecule has 0 aromatic heterocycles. The molecule has 0 spiro atoms. The highest BCUT2D eigenvalue weighted by Crippen LogP contribution is 2.41. The molecular formula is C19H25N4O6+. The van der Waals surface area contributed by atoms with Crippen LogP contribution in [0.2, 0.25) is 0 Å². The van der Waals surface area contributed by atoms with E-state index in [0.29, 0.717) is 40.1 Å². The molecule has 2 rings (SSSR count). The fourth-order valence-electron chi connectivity index (χ4n) is 2.41. The van der Waals surface area contributed by atoms with Gasteiger partial charge in [-0.2, -0.15) is 10.2 Å². The number of aliphatic hydroxyl groups is 1. The Balaban J connectivity index is 2.33. The lowest BCUT2D eigenvalue weighted by Crippen LogP contribution is -2.68. The van der Waals surface area contributed by atoms with E-state index >= 15 is 0 Å². The van der Waals surface area contributed by atoms with E-state index in [1.807, 2.05) is 0 Å². The summed E-state index contributed by atoms with van der Waals surface area (Å²) in [7, 11) is 6.02. The Bertz CT molecular complexity index is 862. The van der Waals surface area contributed by atoms with Crippen LogP contribution in [0.5, 0.6) is 23.0 Å². The highest BCUT2D eigenvalue weighted by Gasteiger charge is 2.18. The molecule has 156 valence electrons. The summed E-state index contributed by atoms with van der Waals surface area (Å²) in [5, 5.41) is 20.1. The van der Waals surface area contributed by atoms with E-state index in [9.17, 15) is 4.79 Å². The second-order valence-electron chi connectivity index (χ2n) is 5.84. The summed E-state index contributed by atoms with van der Waals surface area (Å²) in [5.41, 5.74) is 4.92. The lowest BCUT2D eigenvalue weighted by Gasteiger charge is -2.12. The first kappa shape index (κ1) is 21.9. The molecule has 0 fully saturated rings. The van der Waals surface area contributed by atoms with E-state index in [1.54, 1.807) is 30.3 Å². The van der Waals surface area contributed by atoms with E-state index in [0.717, 1.165) is 0 Å². The SMILES string of the molecule is COc1ccc(N=Nc2cc(OC)c(OC)c(OC)c2)cc1NC(=O)[C@@H]([NH3+])CO. The minimum Gasteiger partial charge on any atom is -0.495 e. The van der Waals surface area contributed by atoms with Crippen molar-refractivity contribution < 1.29 is 34.6 Å². The fourth-order valence-corrected chi connectivity index (χ4v) is 2.41. The molecule has 0 aliphatic carbocycles. The van der Waals surface area contributed by atoms with Crippen LogP contribution in [0.4, 0.5) is 17.1 Å². The Morgan fingerprint density at radius 1 is 0.966 bits per heavy atom. The van der Waals surface area contributed by atoms with Crippen LogP contribution in [0.1, 0.15) is 0 Å².